The summed E-state index contributed by atoms with van der Waals surface area (Å²) >= 11 is 20.5. The highest BCUT2D eigenvalue weighted by Crippen LogP contribution is 2.38. The van der Waals surface area contributed by atoms with Gasteiger partial charge in [-0.2, -0.15) is 0 Å². The molecule has 1 heterocycles. The minimum atomic E-state index is 0.287. The van der Waals surface area contributed by atoms with Gasteiger partial charge in [-0.15, -0.1) is 11.3 Å². The maximum Gasteiger partial charge on any atom is 0.180 e. The molecule has 0 unspecified atom stereocenters. The van der Waals surface area contributed by atoms with Crippen LogP contribution in [0.1, 0.15) is 23.6 Å². The third-order valence-electron chi connectivity index (χ3n) is 5.91. The lowest BCUT2D eigenvalue weighted by atomic mass is 10.1. The van der Waals surface area contributed by atoms with Crippen molar-refractivity contribution in [2.24, 2.45) is 0 Å². The molecule has 0 amide bonds. The lowest BCUT2D eigenvalue weighted by molar-refractivity contribution is 0.269. The molecule has 5 rings (SSSR count). The second-order valence-corrected chi connectivity index (χ2v) is 11.0. The standard InChI is InChI=1S/C30H25Cl3N2O2S/c1-3-36-27-15-20(14-25(33)29(27)37-17-19-5-10-23(31)24(32)13-19)16-34-22-8-6-21(7-9-22)30-35-26-11-4-18(2)12-28(26)38-30/h4-15,34H,3,16-17H2,1-2H3. The highest BCUT2D eigenvalue weighted by atomic mass is 35.5. The quantitative estimate of drug-likeness (QED) is 0.187. The third-order valence-corrected chi connectivity index (χ3v) is 8.00. The van der Waals surface area contributed by atoms with Crippen molar-refractivity contribution < 1.29 is 9.47 Å². The number of hydrogen-bond acceptors (Lipinski definition) is 5. The maximum absolute atomic E-state index is 6.62. The number of anilines is 1. The van der Waals surface area contributed by atoms with Crippen molar-refractivity contribution in [2.75, 3.05) is 11.9 Å². The number of hydrogen-bond donors (Lipinski definition) is 1. The van der Waals surface area contributed by atoms with E-state index in [4.69, 9.17) is 49.3 Å². The Hall–Kier alpha value is -2.96. The number of rotatable bonds is 9. The van der Waals surface area contributed by atoms with Crippen LogP contribution >= 0.6 is 46.1 Å². The monoisotopic (exact) mass is 582 g/mol. The number of aryl methyl sites for hydroxylation is 1. The van der Waals surface area contributed by atoms with Crippen LogP contribution in [-0.4, -0.2) is 11.6 Å². The molecule has 0 atom stereocenters. The van der Waals surface area contributed by atoms with Gasteiger partial charge in [0.1, 0.15) is 11.6 Å². The summed E-state index contributed by atoms with van der Waals surface area (Å²) in [7, 11) is 0. The number of halogens is 3. The summed E-state index contributed by atoms with van der Waals surface area (Å²) in [6.45, 7) is 5.38. The van der Waals surface area contributed by atoms with Crippen molar-refractivity contribution in [3.05, 3.63) is 105 Å². The Labute approximate surface area is 241 Å². The summed E-state index contributed by atoms with van der Waals surface area (Å²) in [4.78, 5) is 4.78. The fourth-order valence-electron chi connectivity index (χ4n) is 4.00. The molecule has 4 nitrogen and oxygen atoms in total. The van der Waals surface area contributed by atoms with Crippen LogP contribution in [0.25, 0.3) is 20.8 Å². The lowest BCUT2D eigenvalue weighted by Crippen LogP contribution is -2.04. The van der Waals surface area contributed by atoms with E-state index in [0.29, 0.717) is 39.7 Å². The Morgan fingerprint density at radius 3 is 2.37 bits per heavy atom. The molecule has 0 aliphatic rings. The van der Waals surface area contributed by atoms with Gasteiger partial charge in [0.05, 0.1) is 31.9 Å². The zero-order valence-corrected chi connectivity index (χ0v) is 23.9. The first-order chi connectivity index (χ1) is 18.4. The molecular weight excluding hydrogens is 559 g/mol. The summed E-state index contributed by atoms with van der Waals surface area (Å²) in [5.41, 5.74) is 6.23. The molecule has 0 aliphatic heterocycles. The molecule has 1 aromatic heterocycles. The van der Waals surface area contributed by atoms with Crippen LogP contribution in [0.4, 0.5) is 5.69 Å². The molecule has 0 spiro atoms. The van der Waals surface area contributed by atoms with Crippen LogP contribution in [0.15, 0.2) is 72.8 Å². The summed E-state index contributed by atoms with van der Waals surface area (Å²) in [6.07, 6.45) is 0. The van der Waals surface area contributed by atoms with E-state index in [9.17, 15) is 0 Å². The Morgan fingerprint density at radius 2 is 1.61 bits per heavy atom. The minimum absolute atomic E-state index is 0.287. The van der Waals surface area contributed by atoms with E-state index in [1.165, 1.54) is 10.3 Å². The fourth-order valence-corrected chi connectivity index (χ4v) is 5.68. The Bertz CT molecular complexity index is 1590. The van der Waals surface area contributed by atoms with E-state index in [2.05, 4.69) is 54.7 Å². The predicted molar refractivity (Wildman–Crippen MR) is 161 cm³/mol. The molecule has 0 aliphatic carbocycles. The van der Waals surface area contributed by atoms with Gasteiger partial charge in [0.25, 0.3) is 0 Å². The molecule has 0 saturated heterocycles. The first kappa shape index (κ1) is 26.6. The summed E-state index contributed by atoms with van der Waals surface area (Å²) in [5, 5.41) is 5.94. The minimum Gasteiger partial charge on any atom is -0.490 e. The third kappa shape index (κ3) is 6.19. The van der Waals surface area contributed by atoms with Crippen LogP contribution in [0, 0.1) is 6.92 Å². The highest BCUT2D eigenvalue weighted by molar-refractivity contribution is 7.21. The van der Waals surface area contributed by atoms with E-state index in [-0.39, 0.29) is 6.61 Å². The lowest BCUT2D eigenvalue weighted by Gasteiger charge is -2.16. The average molecular weight is 584 g/mol. The molecule has 0 saturated carbocycles. The zero-order chi connectivity index (χ0) is 26.6. The van der Waals surface area contributed by atoms with E-state index in [1.807, 2.05) is 25.1 Å². The number of nitrogens with one attached hydrogen (secondary N) is 1. The Balaban J connectivity index is 1.27. The van der Waals surface area contributed by atoms with Crippen molar-refractivity contribution in [2.45, 2.75) is 27.0 Å². The molecule has 194 valence electrons. The van der Waals surface area contributed by atoms with Gasteiger partial charge in [0.15, 0.2) is 11.5 Å². The molecule has 4 aromatic carbocycles. The molecule has 8 heteroatoms. The zero-order valence-electron chi connectivity index (χ0n) is 20.9. The molecule has 0 radical (unpaired) electrons. The van der Waals surface area contributed by atoms with Gasteiger partial charge in [-0.3, -0.25) is 0 Å². The summed E-state index contributed by atoms with van der Waals surface area (Å²) in [5.74, 6) is 1.09. The average Bonchev–Trinajstić information content (AvgIpc) is 3.33. The first-order valence-electron chi connectivity index (χ1n) is 12.1. The van der Waals surface area contributed by atoms with E-state index in [1.54, 1.807) is 23.5 Å². The smallest absolute Gasteiger partial charge is 0.180 e. The van der Waals surface area contributed by atoms with Crippen molar-refractivity contribution in [3.8, 4) is 22.1 Å². The van der Waals surface area contributed by atoms with Gasteiger partial charge in [-0.25, -0.2) is 4.98 Å². The number of ether oxygens (including phenoxy) is 2. The van der Waals surface area contributed by atoms with Crippen molar-refractivity contribution >= 4 is 62.0 Å². The van der Waals surface area contributed by atoms with Crippen molar-refractivity contribution in [1.29, 1.82) is 0 Å². The first-order valence-corrected chi connectivity index (χ1v) is 14.1. The van der Waals surface area contributed by atoms with Gasteiger partial charge in [0.2, 0.25) is 0 Å². The molecule has 5 aromatic rings. The molecule has 0 fully saturated rings. The maximum atomic E-state index is 6.62. The predicted octanol–water partition coefficient (Wildman–Crippen LogP) is 9.82. The second kappa shape index (κ2) is 11.8. The highest BCUT2D eigenvalue weighted by Gasteiger charge is 2.14. The van der Waals surface area contributed by atoms with Crippen molar-refractivity contribution in [1.82, 2.24) is 4.98 Å². The summed E-state index contributed by atoms with van der Waals surface area (Å²) < 4.78 is 13.1. The van der Waals surface area contributed by atoms with Gasteiger partial charge in [-0.05, 0) is 91.2 Å². The number of thiazole rings is 1. The van der Waals surface area contributed by atoms with Crippen LogP contribution in [0.2, 0.25) is 15.1 Å². The van der Waals surface area contributed by atoms with E-state index < -0.39 is 0 Å². The number of benzene rings is 4. The normalized spacial score (nSPS) is 11.1. The van der Waals surface area contributed by atoms with Gasteiger partial charge in [-0.1, -0.05) is 46.9 Å². The molecule has 1 N–H and O–H groups in total. The molecule has 38 heavy (non-hydrogen) atoms. The number of aromatic nitrogens is 1. The topological polar surface area (TPSA) is 43.4 Å². The molecular formula is C30H25Cl3N2O2S. The fraction of sp³-hybridized carbons (Fsp3) is 0.167. The Morgan fingerprint density at radius 1 is 0.816 bits per heavy atom. The van der Waals surface area contributed by atoms with Crippen LogP contribution in [0.3, 0.4) is 0 Å². The van der Waals surface area contributed by atoms with Crippen LogP contribution in [-0.2, 0) is 13.2 Å². The Kier molecular flexibility index (Phi) is 8.29. The van der Waals surface area contributed by atoms with Crippen molar-refractivity contribution in [3.63, 3.8) is 0 Å². The summed E-state index contributed by atoms with van der Waals surface area (Å²) in [6, 6.07) is 23.9. The van der Waals surface area contributed by atoms with Gasteiger partial charge in [0, 0.05) is 17.8 Å². The van der Waals surface area contributed by atoms with Crippen LogP contribution in [0.5, 0.6) is 11.5 Å². The number of fused-ring (bicyclic) bond motifs is 1. The van der Waals surface area contributed by atoms with E-state index >= 15 is 0 Å². The van der Waals surface area contributed by atoms with Crippen LogP contribution < -0.4 is 14.8 Å². The van der Waals surface area contributed by atoms with E-state index in [0.717, 1.165) is 32.9 Å². The number of nitrogens with zero attached hydrogens (tertiary/aromatic N) is 1. The van der Waals surface area contributed by atoms with Gasteiger partial charge < -0.3 is 14.8 Å². The van der Waals surface area contributed by atoms with Gasteiger partial charge >= 0.3 is 0 Å². The second-order valence-electron chi connectivity index (χ2n) is 8.80. The molecule has 0 bridgehead atoms. The SMILES string of the molecule is CCOc1cc(CNc2ccc(-c3nc4ccc(C)cc4s3)cc2)cc(Cl)c1OCc1ccc(Cl)c(Cl)c1. The largest absolute Gasteiger partial charge is 0.490 e.